The van der Waals surface area contributed by atoms with Crippen molar-refractivity contribution in [3.8, 4) is 40.4 Å². The first-order chi connectivity index (χ1) is 70.2. The van der Waals surface area contributed by atoms with Gasteiger partial charge in [0.05, 0.1) is 64.6 Å². The molecule has 0 saturated carbocycles. The third-order valence-corrected chi connectivity index (χ3v) is 74.9. The molecule has 0 fully saturated rings. The van der Waals surface area contributed by atoms with E-state index >= 15 is 19.2 Å². The Balaban J connectivity index is 0.922. The van der Waals surface area contributed by atoms with Gasteiger partial charge < -0.3 is 52.5 Å². The van der Waals surface area contributed by atoms with Gasteiger partial charge in [0.15, 0.2) is 66.5 Å². The highest BCUT2D eigenvalue weighted by molar-refractivity contribution is 7.29. The molecule has 150 heavy (non-hydrogen) atoms. The number of nitrogens with zero attached hydrogens (tertiary/aromatic N) is 4. The zero-order valence-corrected chi connectivity index (χ0v) is 116. The molecule has 0 N–H and O–H groups in total. The molecule has 2 atom stereocenters. The summed E-state index contributed by atoms with van der Waals surface area (Å²) in [5.41, 5.74) is 7.65. The van der Waals surface area contributed by atoms with Gasteiger partial charge in [-0.1, -0.05) is 168 Å². The fourth-order valence-electron chi connectivity index (χ4n) is 22.8. The maximum absolute atomic E-state index is 16.2. The van der Waals surface area contributed by atoms with Gasteiger partial charge in [0, 0.05) is 96.5 Å². The molecule has 0 saturated heterocycles. The SMILES string of the molecule is CCCCC(CC)Cc1ccc(-c2c3cc(-c4ccc(C5=C6C(=O)N(CCCCCC[Si](C)(O[Si](C)(C)C)O[Si](C)(C)C)C(c7cccs7)=C6C(=O)N5CCCCCC[Si](C)(O[Si](C)(C)C)O[Si](C)(C)C)s4)sc3c(-c3ccc(CC(CC)CCCC)s3)c3cc(-c4ccc(C5=C6C(=O)N(CCCCCC[Si](C)(O[Si](C)(C)C)O[Si](C)(C)C)C(c7cccs7)=C6C(=O)N5CCCCCC[Si](C)(O[Si](C)(C)C)O[Si](C)(C)C)s4)sc23)s1. The van der Waals surface area contributed by atoms with Crippen LogP contribution >= 0.6 is 90.7 Å². The molecule has 0 bridgehead atoms. The summed E-state index contributed by atoms with van der Waals surface area (Å²) >= 11 is 14.4. The van der Waals surface area contributed by atoms with Gasteiger partial charge in [0.1, 0.15) is 0 Å². The van der Waals surface area contributed by atoms with Crippen LogP contribution in [0.15, 0.2) is 118 Å². The van der Waals surface area contributed by atoms with Gasteiger partial charge in [-0.2, -0.15) is 0 Å². The van der Waals surface area contributed by atoms with Gasteiger partial charge in [-0.3, -0.25) is 19.2 Å². The van der Waals surface area contributed by atoms with Gasteiger partial charge in [-0.05, 0) is 341 Å². The fourth-order valence-corrected chi connectivity index (χ4v) is 82.1. The Bertz CT molecular complexity index is 5740. The average molecular weight is 2390 g/mol. The molecule has 4 aliphatic rings. The van der Waals surface area contributed by atoms with Crippen molar-refractivity contribution in [3.05, 3.63) is 147 Å². The van der Waals surface area contributed by atoms with Gasteiger partial charge in [-0.25, -0.2) is 0 Å². The first-order valence-electron chi connectivity index (χ1n) is 56.6. The van der Waals surface area contributed by atoms with Crippen molar-refractivity contribution in [1.82, 2.24) is 19.6 Å². The van der Waals surface area contributed by atoms with Crippen molar-refractivity contribution in [3.63, 3.8) is 0 Å². The lowest BCUT2D eigenvalue weighted by molar-refractivity contribution is -0.124. The second-order valence-electron chi connectivity index (χ2n) is 51.1. The average Bonchev–Trinajstić information content (AvgIpc) is 1.55. The summed E-state index contributed by atoms with van der Waals surface area (Å²) in [5, 5.41) is 6.61. The molecule has 9 aromatic rings. The van der Waals surface area contributed by atoms with Crippen LogP contribution in [-0.4, -0.2) is 170 Å². The first kappa shape index (κ1) is 123. The molecule has 0 spiro atoms. The van der Waals surface area contributed by atoms with E-state index in [9.17, 15) is 0 Å². The Kier molecular flexibility index (Phi) is 42.5. The van der Waals surface area contributed by atoms with E-state index in [-0.39, 0.29) is 23.6 Å². The van der Waals surface area contributed by atoms with E-state index in [0.717, 1.165) is 214 Å². The molecular weight excluding hydrogens is 2210 g/mol. The fraction of sp³-hybridized carbons (Fsp3) is 0.596. The predicted molar refractivity (Wildman–Crippen MR) is 683 cm³/mol. The maximum Gasteiger partial charge on any atom is 0.314 e. The van der Waals surface area contributed by atoms with Crippen molar-refractivity contribution < 1.29 is 52.1 Å². The summed E-state index contributed by atoms with van der Waals surface area (Å²) in [6.07, 6.45) is 26.4. The second-order valence-corrected chi connectivity index (χ2v) is 111. The largest absolute Gasteiger partial charge is 0.437 e. The van der Waals surface area contributed by atoms with Crippen molar-refractivity contribution >= 4 is 258 Å². The molecule has 2 unspecified atom stereocenters. The molecule has 16 nitrogen and oxygen atoms in total. The van der Waals surface area contributed by atoms with Crippen LogP contribution in [0.2, 0.25) is 207 Å². The highest BCUT2D eigenvalue weighted by Gasteiger charge is 2.53. The van der Waals surface area contributed by atoms with E-state index in [4.69, 9.17) is 32.9 Å². The minimum Gasteiger partial charge on any atom is -0.437 e. The van der Waals surface area contributed by atoms with Gasteiger partial charge in [-0.15, -0.1) is 90.7 Å². The topological polar surface area (TPSA) is 155 Å². The summed E-state index contributed by atoms with van der Waals surface area (Å²) < 4.78 is 58.4. The summed E-state index contributed by atoms with van der Waals surface area (Å²) in [7, 11) is -25.0. The first-order valence-corrected chi connectivity index (χ1v) is 101. The third kappa shape index (κ3) is 33.4. The molecule has 13 rings (SSSR count). The molecule has 0 radical (unpaired) electrons. The standard InChI is InChI=1S/C114H182N4O12S8Si12/c1-33-37-57-83(35-3)79-85-61-63-91(133-85)99-87-81-97(89-65-67-95(135-89)107-103-101(111(119)117(107)71-49-41-45-53-77-149(31,127-143(17,18)19)128-144(20,21)22)105(93-59-55-73-131-93)115(113(103)121)69-47-39-43-51-75-147(29,123-139(5,6)7)124-140(8,9)10)138-110(87)100(92-64-62-86(134-92)80-84(36-4)58-38-34-2)88-82-98(137-109(88)99)90-66-68-96(136-90)108-104-102(112(120)118(108)72-50-42-46-54-78-150(32,129-145(23,24)25)130-146(26,27)28)106(94-60-56-74-132-94)116(114(104)122)70-48-40-44-52-76-148(30,125-141(11,12)13)126-142(14,15)16/h55-56,59-68,73-74,81-84H,33-54,57-58,69-72,75-80H2,1-32H3. The highest BCUT2D eigenvalue weighted by Crippen LogP contribution is 2.59. The van der Waals surface area contributed by atoms with Gasteiger partial charge in [0.2, 0.25) is 0 Å². The Labute approximate surface area is 948 Å². The van der Waals surface area contributed by atoms with Crippen molar-refractivity contribution in [2.75, 3.05) is 26.2 Å². The van der Waals surface area contributed by atoms with Crippen LogP contribution in [0.4, 0.5) is 0 Å². The number of thiophene rings is 8. The number of unbranched alkanes of at least 4 members (excludes halogenated alkanes) is 14. The van der Waals surface area contributed by atoms with E-state index in [0.29, 0.717) is 60.3 Å². The molecule has 0 aliphatic carbocycles. The molecule has 12 heterocycles. The molecule has 36 heteroatoms. The summed E-state index contributed by atoms with van der Waals surface area (Å²) in [5.74, 6) is 0.833. The third-order valence-electron chi connectivity index (χ3n) is 27.6. The zero-order chi connectivity index (χ0) is 109. The van der Waals surface area contributed by atoms with Crippen molar-refractivity contribution in [2.24, 2.45) is 11.8 Å². The molecule has 8 aromatic heterocycles. The van der Waals surface area contributed by atoms with Gasteiger partial charge >= 0.3 is 34.2 Å². The molecular formula is C114H182N4O12S8Si12. The number of carbonyl (C=O) groups is 4. The van der Waals surface area contributed by atoms with Crippen molar-refractivity contribution in [2.45, 2.75) is 402 Å². The Morgan fingerprint density at radius 1 is 0.260 bits per heavy atom. The van der Waals surface area contributed by atoms with Crippen LogP contribution in [-0.2, 0) is 64.9 Å². The molecule has 4 aliphatic heterocycles. The second kappa shape index (κ2) is 51.6. The van der Waals surface area contributed by atoms with E-state index in [1.807, 2.05) is 64.9 Å². The molecule has 1 aromatic carbocycles. The monoisotopic (exact) mass is 2390 g/mol. The quantitative estimate of drug-likeness (QED) is 0.0263. The molecule has 4 amide bonds. The summed E-state index contributed by atoms with van der Waals surface area (Å²) in [4.78, 5) is 86.4. The Hall–Kier alpha value is -3.54. The number of hydrogen-bond acceptors (Lipinski definition) is 20. The van der Waals surface area contributed by atoms with Crippen LogP contribution in [0.3, 0.4) is 0 Å². The van der Waals surface area contributed by atoms with Crippen LogP contribution in [0.25, 0.3) is 83.4 Å². The van der Waals surface area contributed by atoms with E-state index < -0.39 is 101 Å². The number of amides is 4. The Morgan fingerprint density at radius 2 is 0.507 bits per heavy atom. The lowest BCUT2D eigenvalue weighted by atomic mass is 9.95. The van der Waals surface area contributed by atoms with Crippen LogP contribution < -0.4 is 0 Å². The number of fused-ring (bicyclic) bond motifs is 4. The Morgan fingerprint density at radius 3 is 0.747 bits per heavy atom. The highest BCUT2D eigenvalue weighted by atomic mass is 32.1. The minimum absolute atomic E-state index is 0.0840. The smallest absolute Gasteiger partial charge is 0.314 e. The summed E-state index contributed by atoms with van der Waals surface area (Å²) in [6, 6.07) is 35.8. The molecule has 826 valence electrons. The van der Waals surface area contributed by atoms with E-state index in [1.54, 1.807) is 45.3 Å². The number of rotatable bonds is 64. The van der Waals surface area contributed by atoms with Crippen LogP contribution in [0, 0.1) is 11.8 Å². The number of benzene rings is 1. The van der Waals surface area contributed by atoms with E-state index in [2.05, 4.69) is 307 Å². The maximum atomic E-state index is 16.2. The lowest BCUT2D eigenvalue weighted by Crippen LogP contribution is -2.52. The minimum atomic E-state index is -2.47. The van der Waals surface area contributed by atoms with Gasteiger partial charge in [0.25, 0.3) is 23.6 Å². The van der Waals surface area contributed by atoms with Crippen molar-refractivity contribution in [1.29, 1.82) is 0 Å². The number of hydrogen-bond donors (Lipinski definition) is 0. The zero-order valence-electron chi connectivity index (χ0n) is 97.4. The van der Waals surface area contributed by atoms with Crippen LogP contribution in [0.1, 0.15) is 211 Å². The van der Waals surface area contributed by atoms with E-state index in [1.165, 1.54) is 89.3 Å². The number of carbonyl (C=O) groups excluding carboxylic acids is 4. The normalized spacial score (nSPS) is 15.9. The van der Waals surface area contributed by atoms with Crippen LogP contribution in [0.5, 0.6) is 0 Å². The lowest BCUT2D eigenvalue weighted by Gasteiger charge is -2.38. The summed E-state index contributed by atoms with van der Waals surface area (Å²) in [6.45, 7) is 75.2. The predicted octanol–water partition coefficient (Wildman–Crippen LogP) is 37.6.